The second-order valence-electron chi connectivity index (χ2n) is 6.00. The van der Waals surface area contributed by atoms with Gasteiger partial charge in [-0.25, -0.2) is 12.8 Å². The molecule has 3 rings (SSSR count). The van der Waals surface area contributed by atoms with Crippen LogP contribution in [0, 0.1) is 5.82 Å². The lowest BCUT2D eigenvalue weighted by Gasteiger charge is -2.34. The van der Waals surface area contributed by atoms with Crippen molar-refractivity contribution in [3.63, 3.8) is 0 Å². The Balaban J connectivity index is 1.68. The minimum atomic E-state index is -3.65. The fourth-order valence-corrected chi connectivity index (χ4v) is 4.42. The van der Waals surface area contributed by atoms with Gasteiger partial charge in [-0.2, -0.15) is 4.31 Å². The van der Waals surface area contributed by atoms with Gasteiger partial charge in [0.25, 0.3) is 5.91 Å². The van der Waals surface area contributed by atoms with Crippen molar-refractivity contribution < 1.29 is 22.3 Å². The zero-order valence-electron chi connectivity index (χ0n) is 14.6. The summed E-state index contributed by atoms with van der Waals surface area (Å²) in [5, 5.41) is 0.455. The third kappa shape index (κ3) is 4.07. The van der Waals surface area contributed by atoms with Gasteiger partial charge in [-0.1, -0.05) is 11.6 Å². The first kappa shape index (κ1) is 19.6. The van der Waals surface area contributed by atoms with Crippen LogP contribution < -0.4 is 4.74 Å². The van der Waals surface area contributed by atoms with Crippen LogP contribution >= 0.6 is 11.6 Å². The number of sulfonamides is 1. The molecule has 0 N–H and O–H groups in total. The number of carbonyl (C=O) groups excluding carboxylic acids is 1. The molecule has 2 aromatic carbocycles. The van der Waals surface area contributed by atoms with Crippen LogP contribution in [-0.4, -0.2) is 56.8 Å². The summed E-state index contributed by atoms with van der Waals surface area (Å²) >= 11 is 5.80. The van der Waals surface area contributed by atoms with Gasteiger partial charge in [0.05, 0.1) is 12.0 Å². The SMILES string of the molecule is COc1ccc(C(=O)N2CCN(S(=O)(=O)c3ccc(Cl)cc3)CC2)cc1F. The molecule has 9 heteroatoms. The largest absolute Gasteiger partial charge is 0.494 e. The Labute approximate surface area is 162 Å². The second-order valence-corrected chi connectivity index (χ2v) is 8.37. The summed E-state index contributed by atoms with van der Waals surface area (Å²) in [7, 11) is -2.30. The predicted molar refractivity (Wildman–Crippen MR) is 99.1 cm³/mol. The maximum Gasteiger partial charge on any atom is 0.254 e. The minimum absolute atomic E-state index is 0.0606. The van der Waals surface area contributed by atoms with Gasteiger partial charge < -0.3 is 9.64 Å². The van der Waals surface area contributed by atoms with E-state index in [1.165, 1.54) is 52.7 Å². The number of ether oxygens (including phenoxy) is 1. The summed E-state index contributed by atoms with van der Waals surface area (Å²) in [4.78, 5) is 14.2. The molecule has 1 saturated heterocycles. The first-order valence-corrected chi connectivity index (χ1v) is 10.0. The Bertz CT molecular complexity index is 942. The Morgan fingerprint density at radius 3 is 2.26 bits per heavy atom. The number of hydrogen-bond acceptors (Lipinski definition) is 4. The van der Waals surface area contributed by atoms with Crippen LogP contribution in [0.5, 0.6) is 5.75 Å². The molecule has 1 amide bonds. The third-order valence-electron chi connectivity index (χ3n) is 4.38. The zero-order chi connectivity index (χ0) is 19.6. The summed E-state index contributed by atoms with van der Waals surface area (Å²) in [6, 6.07) is 9.95. The monoisotopic (exact) mass is 412 g/mol. The van der Waals surface area contributed by atoms with E-state index in [2.05, 4.69) is 0 Å². The lowest BCUT2D eigenvalue weighted by molar-refractivity contribution is 0.0697. The van der Waals surface area contributed by atoms with Crippen LogP contribution in [0.3, 0.4) is 0 Å². The van der Waals surface area contributed by atoms with E-state index in [0.717, 1.165) is 6.07 Å². The number of hydrogen-bond donors (Lipinski definition) is 0. The van der Waals surface area contributed by atoms with E-state index < -0.39 is 15.8 Å². The van der Waals surface area contributed by atoms with Crippen molar-refractivity contribution in [2.24, 2.45) is 0 Å². The molecular formula is C18H18ClFN2O4S. The summed E-state index contributed by atoms with van der Waals surface area (Å²) in [6.07, 6.45) is 0. The van der Waals surface area contributed by atoms with Gasteiger partial charge in [-0.05, 0) is 42.5 Å². The highest BCUT2D eigenvalue weighted by Gasteiger charge is 2.30. The molecule has 0 aliphatic carbocycles. The molecule has 2 aromatic rings. The average molecular weight is 413 g/mol. The van der Waals surface area contributed by atoms with E-state index in [1.807, 2.05) is 0 Å². The van der Waals surface area contributed by atoms with E-state index >= 15 is 0 Å². The fourth-order valence-electron chi connectivity index (χ4n) is 2.87. The summed E-state index contributed by atoms with van der Waals surface area (Å²) in [5.74, 6) is -0.905. The first-order chi connectivity index (χ1) is 12.8. The van der Waals surface area contributed by atoms with Gasteiger partial charge in [-0.3, -0.25) is 4.79 Å². The van der Waals surface area contributed by atoms with Crippen molar-refractivity contribution in [2.45, 2.75) is 4.90 Å². The fraction of sp³-hybridized carbons (Fsp3) is 0.278. The molecule has 0 radical (unpaired) electrons. The van der Waals surface area contributed by atoms with Crippen molar-refractivity contribution in [3.05, 3.63) is 58.9 Å². The molecule has 1 fully saturated rings. The molecule has 0 bridgehead atoms. The van der Waals surface area contributed by atoms with Crippen molar-refractivity contribution >= 4 is 27.5 Å². The molecule has 6 nitrogen and oxygen atoms in total. The molecule has 0 saturated carbocycles. The predicted octanol–water partition coefficient (Wildman–Crippen LogP) is 2.63. The number of halogens is 2. The summed E-state index contributed by atoms with van der Waals surface area (Å²) < 4.78 is 45.3. The Morgan fingerprint density at radius 2 is 1.70 bits per heavy atom. The number of benzene rings is 2. The van der Waals surface area contributed by atoms with E-state index in [0.29, 0.717) is 5.02 Å². The second kappa shape index (κ2) is 7.84. The van der Waals surface area contributed by atoms with Crippen LogP contribution in [0.15, 0.2) is 47.4 Å². The highest BCUT2D eigenvalue weighted by Crippen LogP contribution is 2.22. The number of piperazine rings is 1. The van der Waals surface area contributed by atoms with Crippen molar-refractivity contribution in [2.75, 3.05) is 33.3 Å². The maximum atomic E-state index is 13.8. The third-order valence-corrected chi connectivity index (χ3v) is 6.54. The van der Waals surface area contributed by atoms with Crippen LogP contribution in [0.25, 0.3) is 0 Å². The molecule has 1 aliphatic heterocycles. The molecule has 0 unspecified atom stereocenters. The van der Waals surface area contributed by atoms with Crippen LogP contribution in [0.4, 0.5) is 4.39 Å². The number of rotatable bonds is 4. The van der Waals surface area contributed by atoms with Gasteiger partial charge in [-0.15, -0.1) is 0 Å². The highest BCUT2D eigenvalue weighted by molar-refractivity contribution is 7.89. The van der Waals surface area contributed by atoms with Crippen molar-refractivity contribution in [3.8, 4) is 5.75 Å². The van der Waals surface area contributed by atoms with E-state index in [9.17, 15) is 17.6 Å². The lowest BCUT2D eigenvalue weighted by atomic mass is 10.1. The standard InChI is InChI=1S/C18H18ClFN2O4S/c1-26-17-7-2-13(12-16(17)20)18(23)21-8-10-22(11-9-21)27(24,25)15-5-3-14(19)4-6-15/h2-7,12H,8-11H2,1H3. The molecular weight excluding hydrogens is 395 g/mol. The van der Waals surface area contributed by atoms with Gasteiger partial charge in [0, 0.05) is 36.8 Å². The molecule has 0 spiro atoms. The molecule has 1 aliphatic rings. The minimum Gasteiger partial charge on any atom is -0.494 e. The Morgan fingerprint density at radius 1 is 1.07 bits per heavy atom. The van der Waals surface area contributed by atoms with Gasteiger partial charge >= 0.3 is 0 Å². The molecule has 27 heavy (non-hydrogen) atoms. The molecule has 0 aromatic heterocycles. The zero-order valence-corrected chi connectivity index (χ0v) is 16.1. The van der Waals surface area contributed by atoms with E-state index in [1.54, 1.807) is 0 Å². The van der Waals surface area contributed by atoms with Gasteiger partial charge in [0.2, 0.25) is 10.0 Å². The van der Waals surface area contributed by atoms with Crippen LogP contribution in [0.1, 0.15) is 10.4 Å². The van der Waals surface area contributed by atoms with E-state index in [-0.39, 0.29) is 48.3 Å². The first-order valence-electron chi connectivity index (χ1n) is 8.21. The number of nitrogens with zero attached hydrogens (tertiary/aromatic N) is 2. The Kier molecular flexibility index (Phi) is 5.69. The Hall–Kier alpha value is -2.16. The number of carbonyl (C=O) groups is 1. The van der Waals surface area contributed by atoms with Crippen molar-refractivity contribution in [1.29, 1.82) is 0 Å². The van der Waals surface area contributed by atoms with Crippen LogP contribution in [-0.2, 0) is 10.0 Å². The maximum absolute atomic E-state index is 13.8. The van der Waals surface area contributed by atoms with Gasteiger partial charge in [0.1, 0.15) is 0 Å². The van der Waals surface area contributed by atoms with Gasteiger partial charge in [0.15, 0.2) is 11.6 Å². The van der Waals surface area contributed by atoms with Crippen molar-refractivity contribution in [1.82, 2.24) is 9.21 Å². The highest BCUT2D eigenvalue weighted by atomic mass is 35.5. The van der Waals surface area contributed by atoms with Crippen LogP contribution in [0.2, 0.25) is 5.02 Å². The van der Waals surface area contributed by atoms with E-state index in [4.69, 9.17) is 16.3 Å². The topological polar surface area (TPSA) is 66.9 Å². The quantitative estimate of drug-likeness (QED) is 0.774. The summed E-state index contributed by atoms with van der Waals surface area (Å²) in [5.41, 5.74) is 0.197. The summed E-state index contributed by atoms with van der Waals surface area (Å²) in [6.45, 7) is 0.767. The lowest BCUT2D eigenvalue weighted by Crippen LogP contribution is -2.50. The smallest absolute Gasteiger partial charge is 0.254 e. The molecule has 1 heterocycles. The number of amides is 1. The molecule has 0 atom stereocenters. The normalized spacial score (nSPS) is 15.6. The average Bonchev–Trinajstić information content (AvgIpc) is 2.68. The number of methoxy groups -OCH3 is 1. The molecule has 144 valence electrons.